The second-order valence-corrected chi connectivity index (χ2v) is 8.44. The highest BCUT2D eigenvalue weighted by molar-refractivity contribution is 7.89. The summed E-state index contributed by atoms with van der Waals surface area (Å²) in [4.78, 5) is 12.6. The van der Waals surface area contributed by atoms with Crippen LogP contribution in [0, 0.1) is 5.92 Å². The lowest BCUT2D eigenvalue weighted by molar-refractivity contribution is -0.126. The molecule has 1 amide bonds. The zero-order chi connectivity index (χ0) is 19.3. The largest absolute Gasteiger partial charge is 0.495 e. The Morgan fingerprint density at radius 3 is 2.37 bits per heavy atom. The monoisotopic (exact) mass is 388 g/mol. The van der Waals surface area contributed by atoms with Crippen molar-refractivity contribution in [2.45, 2.75) is 24.3 Å². The summed E-state index contributed by atoms with van der Waals surface area (Å²) in [5.41, 5.74) is 1.04. The molecule has 7 heteroatoms. The third-order valence-electron chi connectivity index (χ3n) is 4.82. The number of para-hydroxylation sites is 1. The molecule has 2 aromatic rings. The first-order chi connectivity index (χ1) is 13.0. The fourth-order valence-corrected chi connectivity index (χ4v) is 4.88. The summed E-state index contributed by atoms with van der Waals surface area (Å²) in [5.74, 6) is 0.145. The van der Waals surface area contributed by atoms with Gasteiger partial charge in [-0.3, -0.25) is 4.79 Å². The average molecular weight is 388 g/mol. The molecule has 0 bridgehead atoms. The Labute approximate surface area is 160 Å². The van der Waals surface area contributed by atoms with Crippen molar-refractivity contribution in [1.82, 2.24) is 9.62 Å². The van der Waals surface area contributed by atoms with Crippen LogP contribution in [0.4, 0.5) is 0 Å². The SMILES string of the molecule is COc1ccccc1S(=O)(=O)N1CCC(C(=O)NCc2ccccc2)CC1. The number of carbonyl (C=O) groups is 1. The lowest BCUT2D eigenvalue weighted by atomic mass is 9.97. The average Bonchev–Trinajstić information content (AvgIpc) is 2.72. The Hall–Kier alpha value is -2.38. The number of nitrogens with one attached hydrogen (secondary N) is 1. The third kappa shape index (κ3) is 4.48. The molecule has 3 rings (SSSR count). The van der Waals surface area contributed by atoms with E-state index in [4.69, 9.17) is 4.74 Å². The number of ether oxygens (including phenoxy) is 1. The van der Waals surface area contributed by atoms with Crippen LogP contribution in [0.15, 0.2) is 59.5 Å². The predicted molar refractivity (Wildman–Crippen MR) is 103 cm³/mol. The molecule has 0 radical (unpaired) electrons. The van der Waals surface area contributed by atoms with Gasteiger partial charge in [0.2, 0.25) is 15.9 Å². The van der Waals surface area contributed by atoms with Crippen LogP contribution in [-0.4, -0.2) is 38.8 Å². The summed E-state index contributed by atoms with van der Waals surface area (Å²) in [6.07, 6.45) is 1.02. The summed E-state index contributed by atoms with van der Waals surface area (Å²) >= 11 is 0. The van der Waals surface area contributed by atoms with E-state index in [1.807, 2.05) is 30.3 Å². The molecule has 2 aromatic carbocycles. The highest BCUT2D eigenvalue weighted by Crippen LogP contribution is 2.29. The molecule has 0 spiro atoms. The van der Waals surface area contributed by atoms with Gasteiger partial charge < -0.3 is 10.1 Å². The molecular formula is C20H24N2O4S. The zero-order valence-electron chi connectivity index (χ0n) is 15.3. The van der Waals surface area contributed by atoms with E-state index in [-0.39, 0.29) is 16.7 Å². The maximum absolute atomic E-state index is 12.9. The normalized spacial score (nSPS) is 16.0. The predicted octanol–water partition coefficient (Wildman–Crippen LogP) is 2.41. The van der Waals surface area contributed by atoms with Gasteiger partial charge in [-0.2, -0.15) is 4.31 Å². The molecule has 1 N–H and O–H groups in total. The molecule has 0 unspecified atom stereocenters. The molecule has 0 atom stereocenters. The van der Waals surface area contributed by atoms with Gasteiger partial charge in [0, 0.05) is 25.6 Å². The summed E-state index contributed by atoms with van der Waals surface area (Å²) in [6.45, 7) is 1.13. The fraction of sp³-hybridized carbons (Fsp3) is 0.350. The number of carbonyl (C=O) groups excluding carboxylic acids is 1. The van der Waals surface area contributed by atoms with E-state index < -0.39 is 10.0 Å². The summed E-state index contributed by atoms with van der Waals surface area (Å²) < 4.78 is 32.4. The van der Waals surface area contributed by atoms with E-state index in [9.17, 15) is 13.2 Å². The molecule has 1 heterocycles. The molecule has 1 saturated heterocycles. The number of hydrogen-bond acceptors (Lipinski definition) is 4. The molecule has 1 aliphatic rings. The zero-order valence-corrected chi connectivity index (χ0v) is 16.1. The standard InChI is InChI=1S/C20H24N2O4S/c1-26-18-9-5-6-10-19(18)27(24,25)22-13-11-17(12-14-22)20(23)21-15-16-7-3-2-4-8-16/h2-10,17H,11-15H2,1H3,(H,21,23). The minimum absolute atomic E-state index is 0.0202. The van der Waals surface area contributed by atoms with Crippen LogP contribution in [0.3, 0.4) is 0 Å². The first kappa shape index (κ1) is 19.4. The van der Waals surface area contributed by atoms with Crippen LogP contribution in [0.1, 0.15) is 18.4 Å². The molecule has 1 fully saturated rings. The van der Waals surface area contributed by atoms with Crippen molar-refractivity contribution in [3.63, 3.8) is 0 Å². The van der Waals surface area contributed by atoms with Crippen LogP contribution in [0.5, 0.6) is 5.75 Å². The van der Waals surface area contributed by atoms with Crippen molar-refractivity contribution < 1.29 is 17.9 Å². The molecular weight excluding hydrogens is 364 g/mol. The number of piperidine rings is 1. The van der Waals surface area contributed by atoms with Gasteiger partial charge in [-0.25, -0.2) is 8.42 Å². The lowest BCUT2D eigenvalue weighted by Crippen LogP contribution is -2.42. The van der Waals surface area contributed by atoms with Crippen LogP contribution >= 0.6 is 0 Å². The number of hydrogen-bond donors (Lipinski definition) is 1. The number of rotatable bonds is 6. The molecule has 6 nitrogen and oxygen atoms in total. The number of methoxy groups -OCH3 is 1. The van der Waals surface area contributed by atoms with Gasteiger partial charge in [0.15, 0.2) is 0 Å². The Morgan fingerprint density at radius 1 is 1.07 bits per heavy atom. The van der Waals surface area contributed by atoms with E-state index in [0.29, 0.717) is 38.2 Å². The van der Waals surface area contributed by atoms with E-state index in [2.05, 4.69) is 5.32 Å². The van der Waals surface area contributed by atoms with Gasteiger partial charge in [-0.15, -0.1) is 0 Å². The van der Waals surface area contributed by atoms with Gasteiger partial charge >= 0.3 is 0 Å². The van der Waals surface area contributed by atoms with Gasteiger partial charge in [-0.05, 0) is 30.5 Å². The molecule has 1 aliphatic heterocycles. The fourth-order valence-electron chi connectivity index (χ4n) is 3.26. The number of sulfonamides is 1. The Kier molecular flexibility index (Phi) is 6.13. The van der Waals surface area contributed by atoms with Gasteiger partial charge in [0.25, 0.3) is 0 Å². The molecule has 144 valence electrons. The minimum Gasteiger partial charge on any atom is -0.495 e. The van der Waals surface area contributed by atoms with Crippen LogP contribution in [-0.2, 0) is 21.4 Å². The lowest BCUT2D eigenvalue weighted by Gasteiger charge is -2.30. The second-order valence-electron chi connectivity index (χ2n) is 6.53. The topological polar surface area (TPSA) is 75.7 Å². The van der Waals surface area contributed by atoms with E-state index >= 15 is 0 Å². The van der Waals surface area contributed by atoms with Crippen LogP contribution in [0.2, 0.25) is 0 Å². The first-order valence-electron chi connectivity index (χ1n) is 8.97. The molecule has 0 aliphatic carbocycles. The maximum atomic E-state index is 12.9. The van der Waals surface area contributed by atoms with Crippen LogP contribution < -0.4 is 10.1 Å². The Bertz CT molecular complexity index is 876. The van der Waals surface area contributed by atoms with E-state index in [1.165, 1.54) is 11.4 Å². The first-order valence-corrected chi connectivity index (χ1v) is 10.4. The highest BCUT2D eigenvalue weighted by Gasteiger charge is 2.33. The number of amides is 1. The summed E-state index contributed by atoms with van der Waals surface area (Å²) in [6, 6.07) is 16.3. The van der Waals surface area contributed by atoms with Crippen molar-refractivity contribution >= 4 is 15.9 Å². The smallest absolute Gasteiger partial charge is 0.246 e. The van der Waals surface area contributed by atoms with Crippen molar-refractivity contribution in [1.29, 1.82) is 0 Å². The van der Waals surface area contributed by atoms with E-state index in [0.717, 1.165) is 5.56 Å². The molecule has 0 aromatic heterocycles. The van der Waals surface area contributed by atoms with Crippen LogP contribution in [0.25, 0.3) is 0 Å². The summed E-state index contributed by atoms with van der Waals surface area (Å²) in [5, 5.41) is 2.95. The Morgan fingerprint density at radius 2 is 1.70 bits per heavy atom. The minimum atomic E-state index is -3.63. The van der Waals surface area contributed by atoms with Gasteiger partial charge in [0.05, 0.1) is 7.11 Å². The van der Waals surface area contributed by atoms with Crippen molar-refractivity contribution in [3.05, 3.63) is 60.2 Å². The van der Waals surface area contributed by atoms with E-state index in [1.54, 1.807) is 24.3 Å². The third-order valence-corrected chi connectivity index (χ3v) is 6.76. The Balaban J connectivity index is 1.59. The van der Waals surface area contributed by atoms with Crippen molar-refractivity contribution in [2.75, 3.05) is 20.2 Å². The maximum Gasteiger partial charge on any atom is 0.246 e. The van der Waals surface area contributed by atoms with Gasteiger partial charge in [0.1, 0.15) is 10.6 Å². The summed E-state index contributed by atoms with van der Waals surface area (Å²) in [7, 11) is -2.18. The van der Waals surface area contributed by atoms with Crippen molar-refractivity contribution in [2.24, 2.45) is 5.92 Å². The molecule has 27 heavy (non-hydrogen) atoms. The second kappa shape index (κ2) is 8.54. The molecule has 0 saturated carbocycles. The highest BCUT2D eigenvalue weighted by atomic mass is 32.2. The quantitative estimate of drug-likeness (QED) is 0.825. The number of benzene rings is 2. The number of nitrogens with zero attached hydrogens (tertiary/aromatic N) is 1. The van der Waals surface area contributed by atoms with Crippen molar-refractivity contribution in [3.8, 4) is 5.75 Å². The van der Waals surface area contributed by atoms with Gasteiger partial charge in [-0.1, -0.05) is 42.5 Å².